The van der Waals surface area contributed by atoms with Gasteiger partial charge in [-0.1, -0.05) is 6.92 Å². The summed E-state index contributed by atoms with van der Waals surface area (Å²) in [4.78, 5) is 13.9. The van der Waals surface area contributed by atoms with E-state index in [1.807, 2.05) is 11.9 Å². The second-order valence-electron chi connectivity index (χ2n) is 4.39. The average molecular weight is 230 g/mol. The number of amides is 1. The third kappa shape index (κ3) is 4.03. The Morgan fingerprint density at radius 3 is 2.93 bits per heavy atom. The molecule has 1 fully saturated rings. The summed E-state index contributed by atoms with van der Waals surface area (Å²) < 4.78 is 0. The second kappa shape index (κ2) is 6.38. The van der Waals surface area contributed by atoms with Crippen molar-refractivity contribution >= 4 is 17.7 Å². The zero-order valence-electron chi connectivity index (χ0n) is 9.95. The molecule has 1 N–H and O–H groups in total. The Labute approximate surface area is 97.0 Å². The van der Waals surface area contributed by atoms with Crippen molar-refractivity contribution in [3.05, 3.63) is 0 Å². The highest BCUT2D eigenvalue weighted by atomic mass is 32.2. The maximum atomic E-state index is 12.0. The molecule has 1 saturated heterocycles. The van der Waals surface area contributed by atoms with Gasteiger partial charge in [-0.3, -0.25) is 4.79 Å². The van der Waals surface area contributed by atoms with Crippen molar-refractivity contribution < 1.29 is 4.79 Å². The summed E-state index contributed by atoms with van der Waals surface area (Å²) in [5, 5.41) is 3.31. The summed E-state index contributed by atoms with van der Waals surface area (Å²) in [6.45, 7) is 4.06. The minimum Gasteiger partial charge on any atom is -0.344 e. The molecule has 0 bridgehead atoms. The molecule has 1 rings (SSSR count). The number of thioether (sulfide) groups is 1. The normalized spacial score (nSPS) is 26.3. The van der Waals surface area contributed by atoms with Crippen LogP contribution in [-0.2, 0) is 4.79 Å². The molecule has 88 valence electrons. The van der Waals surface area contributed by atoms with Gasteiger partial charge in [0.15, 0.2) is 0 Å². The van der Waals surface area contributed by atoms with E-state index in [0.29, 0.717) is 5.92 Å². The Bertz CT molecular complexity index is 211. The molecule has 15 heavy (non-hydrogen) atoms. The maximum absolute atomic E-state index is 12.0. The van der Waals surface area contributed by atoms with Gasteiger partial charge in [-0.25, -0.2) is 0 Å². The first kappa shape index (κ1) is 12.8. The lowest BCUT2D eigenvalue weighted by atomic mass is 9.94. The Kier molecular flexibility index (Phi) is 5.47. The second-order valence-corrected chi connectivity index (χ2v) is 5.37. The van der Waals surface area contributed by atoms with Gasteiger partial charge in [0.1, 0.15) is 0 Å². The third-order valence-corrected chi connectivity index (χ3v) is 3.56. The van der Waals surface area contributed by atoms with Gasteiger partial charge in [0.2, 0.25) is 5.91 Å². The van der Waals surface area contributed by atoms with Crippen LogP contribution in [0, 0.1) is 5.92 Å². The SMILES string of the molecule is CSCCN(C)C(=O)C1CC(C)CCN1. The zero-order valence-corrected chi connectivity index (χ0v) is 10.8. The summed E-state index contributed by atoms with van der Waals surface area (Å²) in [5.74, 6) is 1.95. The monoisotopic (exact) mass is 230 g/mol. The van der Waals surface area contributed by atoms with Crippen LogP contribution in [0.25, 0.3) is 0 Å². The van der Waals surface area contributed by atoms with Crippen molar-refractivity contribution in [1.82, 2.24) is 10.2 Å². The fourth-order valence-corrected chi connectivity index (χ4v) is 2.36. The van der Waals surface area contributed by atoms with Crippen LogP contribution in [-0.4, -0.2) is 49.0 Å². The summed E-state index contributed by atoms with van der Waals surface area (Å²) >= 11 is 1.78. The zero-order chi connectivity index (χ0) is 11.3. The lowest BCUT2D eigenvalue weighted by Crippen LogP contribution is -2.49. The standard InChI is InChI=1S/C11H22N2OS/c1-9-4-5-12-10(8-9)11(14)13(2)6-7-15-3/h9-10,12H,4-8H2,1-3H3. The van der Waals surface area contributed by atoms with Gasteiger partial charge in [0.05, 0.1) is 6.04 Å². The summed E-state index contributed by atoms with van der Waals surface area (Å²) in [6.07, 6.45) is 4.25. The van der Waals surface area contributed by atoms with Gasteiger partial charge in [0, 0.05) is 19.3 Å². The molecule has 0 aromatic rings. The van der Waals surface area contributed by atoms with Crippen LogP contribution in [0.15, 0.2) is 0 Å². The largest absolute Gasteiger partial charge is 0.344 e. The number of hydrogen-bond acceptors (Lipinski definition) is 3. The number of hydrogen-bond donors (Lipinski definition) is 1. The van der Waals surface area contributed by atoms with E-state index in [1.54, 1.807) is 11.8 Å². The number of nitrogens with zero attached hydrogens (tertiary/aromatic N) is 1. The van der Waals surface area contributed by atoms with Crippen LogP contribution in [0.2, 0.25) is 0 Å². The molecule has 1 amide bonds. The Morgan fingerprint density at radius 2 is 2.33 bits per heavy atom. The molecular weight excluding hydrogens is 208 g/mol. The summed E-state index contributed by atoms with van der Waals surface area (Å²) in [6, 6.07) is 0.0561. The van der Waals surface area contributed by atoms with Crippen molar-refractivity contribution in [1.29, 1.82) is 0 Å². The van der Waals surface area contributed by atoms with Crippen LogP contribution in [0.1, 0.15) is 19.8 Å². The first-order valence-electron chi connectivity index (χ1n) is 5.62. The first-order valence-corrected chi connectivity index (χ1v) is 7.01. The molecule has 2 unspecified atom stereocenters. The van der Waals surface area contributed by atoms with E-state index < -0.39 is 0 Å². The minimum absolute atomic E-state index is 0.0561. The quantitative estimate of drug-likeness (QED) is 0.787. The van der Waals surface area contributed by atoms with Crippen LogP contribution in [0.3, 0.4) is 0 Å². The van der Waals surface area contributed by atoms with E-state index >= 15 is 0 Å². The fraction of sp³-hybridized carbons (Fsp3) is 0.909. The fourth-order valence-electron chi connectivity index (χ4n) is 1.90. The first-order chi connectivity index (χ1) is 7.15. The highest BCUT2D eigenvalue weighted by Crippen LogP contribution is 2.16. The molecule has 2 atom stereocenters. The topological polar surface area (TPSA) is 32.3 Å². The number of carbonyl (C=O) groups excluding carboxylic acids is 1. The molecule has 0 aromatic heterocycles. The molecule has 1 aliphatic rings. The van der Waals surface area contributed by atoms with Crippen molar-refractivity contribution in [2.75, 3.05) is 32.1 Å². The summed E-state index contributed by atoms with van der Waals surface area (Å²) in [5.41, 5.74) is 0. The van der Waals surface area contributed by atoms with Gasteiger partial charge in [-0.05, 0) is 31.6 Å². The van der Waals surface area contributed by atoms with Gasteiger partial charge in [-0.2, -0.15) is 11.8 Å². The van der Waals surface area contributed by atoms with E-state index in [-0.39, 0.29) is 11.9 Å². The Hall–Kier alpha value is -0.220. The molecular formula is C11H22N2OS. The molecule has 0 spiro atoms. The minimum atomic E-state index is 0.0561. The molecule has 0 aliphatic carbocycles. The molecule has 1 aliphatic heterocycles. The maximum Gasteiger partial charge on any atom is 0.239 e. The van der Waals surface area contributed by atoms with Gasteiger partial charge < -0.3 is 10.2 Å². The van der Waals surface area contributed by atoms with E-state index in [4.69, 9.17) is 0 Å². The molecule has 0 saturated carbocycles. The van der Waals surface area contributed by atoms with E-state index in [2.05, 4.69) is 18.5 Å². The predicted molar refractivity (Wildman–Crippen MR) is 66.2 cm³/mol. The molecule has 0 aromatic carbocycles. The number of likely N-dealkylation sites (N-methyl/N-ethyl adjacent to an activating group) is 1. The smallest absolute Gasteiger partial charge is 0.239 e. The number of nitrogens with one attached hydrogen (secondary N) is 1. The average Bonchev–Trinajstić information content (AvgIpc) is 2.24. The van der Waals surface area contributed by atoms with Crippen molar-refractivity contribution in [3.8, 4) is 0 Å². The number of piperidine rings is 1. The van der Waals surface area contributed by atoms with E-state index in [1.165, 1.54) is 6.42 Å². The van der Waals surface area contributed by atoms with E-state index in [9.17, 15) is 4.79 Å². The Morgan fingerprint density at radius 1 is 1.60 bits per heavy atom. The highest BCUT2D eigenvalue weighted by molar-refractivity contribution is 7.98. The molecule has 1 heterocycles. The number of rotatable bonds is 4. The number of carbonyl (C=O) groups is 1. The van der Waals surface area contributed by atoms with Crippen LogP contribution in [0.4, 0.5) is 0 Å². The lowest BCUT2D eigenvalue weighted by molar-refractivity contribution is -0.132. The van der Waals surface area contributed by atoms with Crippen molar-refractivity contribution in [2.45, 2.75) is 25.8 Å². The highest BCUT2D eigenvalue weighted by Gasteiger charge is 2.26. The van der Waals surface area contributed by atoms with Gasteiger partial charge in [0.25, 0.3) is 0 Å². The van der Waals surface area contributed by atoms with E-state index in [0.717, 1.165) is 25.3 Å². The molecule has 3 nitrogen and oxygen atoms in total. The van der Waals surface area contributed by atoms with Crippen LogP contribution < -0.4 is 5.32 Å². The van der Waals surface area contributed by atoms with Crippen molar-refractivity contribution in [3.63, 3.8) is 0 Å². The molecule has 0 radical (unpaired) electrons. The van der Waals surface area contributed by atoms with Gasteiger partial charge in [-0.15, -0.1) is 0 Å². The lowest BCUT2D eigenvalue weighted by Gasteiger charge is -2.30. The Balaban J connectivity index is 2.37. The van der Waals surface area contributed by atoms with Crippen molar-refractivity contribution in [2.24, 2.45) is 5.92 Å². The van der Waals surface area contributed by atoms with Crippen LogP contribution >= 0.6 is 11.8 Å². The third-order valence-electron chi connectivity index (χ3n) is 2.97. The molecule has 4 heteroatoms. The van der Waals surface area contributed by atoms with Crippen LogP contribution in [0.5, 0.6) is 0 Å². The predicted octanol–water partition coefficient (Wildman–Crippen LogP) is 1.20. The van der Waals surface area contributed by atoms with Gasteiger partial charge >= 0.3 is 0 Å². The summed E-state index contributed by atoms with van der Waals surface area (Å²) in [7, 11) is 1.90.